The molecule has 2 aromatic rings. The molecule has 0 saturated carbocycles. The van der Waals surface area contributed by atoms with Gasteiger partial charge in [0, 0.05) is 11.6 Å². The second-order valence-electron chi connectivity index (χ2n) is 4.39. The standard InChI is InChI=1S/C15H10FN2O3S/c1-22(20,21)18(15(19)11-5-3-2-4-6-11)14-8-7-13(16)9-12(14)10-17/h2-6,8-9H,1H3. The normalized spacial score (nSPS) is 10.8. The second kappa shape index (κ2) is 5.95. The Morgan fingerprint density at radius 3 is 2.50 bits per heavy atom. The molecule has 22 heavy (non-hydrogen) atoms. The molecule has 5 nitrogen and oxygen atoms in total. The Morgan fingerprint density at radius 2 is 1.95 bits per heavy atom. The Bertz CT molecular complexity index is 858. The van der Waals surface area contributed by atoms with E-state index in [0.717, 1.165) is 18.4 Å². The van der Waals surface area contributed by atoms with E-state index in [9.17, 15) is 17.6 Å². The van der Waals surface area contributed by atoms with Gasteiger partial charge in [0.05, 0.1) is 17.5 Å². The molecule has 0 aliphatic heterocycles. The van der Waals surface area contributed by atoms with Crippen LogP contribution < -0.4 is 4.31 Å². The number of carbonyl (C=O) groups excluding carboxylic acids is 1. The van der Waals surface area contributed by atoms with Gasteiger partial charge in [-0.05, 0) is 24.3 Å². The van der Waals surface area contributed by atoms with Crippen LogP contribution in [0.3, 0.4) is 0 Å². The summed E-state index contributed by atoms with van der Waals surface area (Å²) >= 11 is 0. The van der Waals surface area contributed by atoms with E-state index in [0.29, 0.717) is 4.31 Å². The van der Waals surface area contributed by atoms with Crippen molar-refractivity contribution in [2.24, 2.45) is 0 Å². The second-order valence-corrected chi connectivity index (χ2v) is 6.22. The minimum Gasteiger partial charge on any atom is -0.268 e. The van der Waals surface area contributed by atoms with Crippen molar-refractivity contribution in [3.8, 4) is 6.07 Å². The average Bonchev–Trinajstić information content (AvgIpc) is 2.48. The molecule has 0 unspecified atom stereocenters. The van der Waals surface area contributed by atoms with Gasteiger partial charge in [-0.3, -0.25) is 4.79 Å². The number of rotatable bonds is 3. The van der Waals surface area contributed by atoms with Gasteiger partial charge in [-0.25, -0.2) is 17.1 Å². The van der Waals surface area contributed by atoms with E-state index in [1.807, 2.05) is 0 Å². The summed E-state index contributed by atoms with van der Waals surface area (Å²) < 4.78 is 37.6. The van der Waals surface area contributed by atoms with Crippen molar-refractivity contribution in [2.45, 2.75) is 0 Å². The molecule has 0 heterocycles. The van der Waals surface area contributed by atoms with Crippen LogP contribution in [-0.4, -0.2) is 20.6 Å². The van der Waals surface area contributed by atoms with Gasteiger partial charge >= 0.3 is 0 Å². The number of carbonyl (C=O) groups is 1. The van der Waals surface area contributed by atoms with Crippen molar-refractivity contribution in [3.63, 3.8) is 0 Å². The van der Waals surface area contributed by atoms with Gasteiger partial charge in [-0.1, -0.05) is 18.2 Å². The van der Waals surface area contributed by atoms with E-state index < -0.39 is 21.7 Å². The fourth-order valence-electron chi connectivity index (χ4n) is 1.85. The SMILES string of the molecule is CS(=O)(=O)N(C(=O)c1ccccc1)c1c[c]c(F)cc1C#N. The monoisotopic (exact) mass is 317 g/mol. The third kappa shape index (κ3) is 3.13. The molecular formula is C15H10FN2O3S. The number of nitrogens with zero attached hydrogens (tertiary/aromatic N) is 2. The molecule has 0 bridgehead atoms. The van der Waals surface area contributed by atoms with Crippen LogP contribution in [0, 0.1) is 23.2 Å². The van der Waals surface area contributed by atoms with Crippen molar-refractivity contribution in [3.05, 3.63) is 65.5 Å². The fraction of sp³-hybridized carbons (Fsp3) is 0.0667. The Kier molecular flexibility index (Phi) is 4.24. The van der Waals surface area contributed by atoms with Crippen molar-refractivity contribution >= 4 is 21.6 Å². The number of anilines is 1. The van der Waals surface area contributed by atoms with Crippen LogP contribution in [0.15, 0.2) is 42.5 Å². The third-order valence-corrected chi connectivity index (χ3v) is 3.80. The largest absolute Gasteiger partial charge is 0.272 e. The summed E-state index contributed by atoms with van der Waals surface area (Å²) in [5.74, 6) is -1.65. The van der Waals surface area contributed by atoms with Gasteiger partial charge in [0.1, 0.15) is 11.9 Å². The highest BCUT2D eigenvalue weighted by atomic mass is 32.2. The van der Waals surface area contributed by atoms with Crippen LogP contribution in [0.5, 0.6) is 0 Å². The molecule has 0 aromatic heterocycles. The lowest BCUT2D eigenvalue weighted by molar-refractivity contribution is 0.101. The maximum Gasteiger partial charge on any atom is 0.272 e. The molecule has 111 valence electrons. The molecular weight excluding hydrogens is 307 g/mol. The smallest absolute Gasteiger partial charge is 0.268 e. The molecule has 7 heteroatoms. The summed E-state index contributed by atoms with van der Waals surface area (Å²) in [5, 5.41) is 9.05. The summed E-state index contributed by atoms with van der Waals surface area (Å²) in [4.78, 5) is 12.5. The number of halogens is 1. The zero-order chi connectivity index (χ0) is 16.3. The lowest BCUT2D eigenvalue weighted by atomic mass is 10.1. The number of nitriles is 1. The number of amides is 1. The molecule has 2 aromatic carbocycles. The first kappa shape index (κ1) is 15.7. The van der Waals surface area contributed by atoms with Gasteiger partial charge in [-0.2, -0.15) is 5.26 Å². The molecule has 0 fully saturated rings. The Hall–Kier alpha value is -2.72. The van der Waals surface area contributed by atoms with E-state index in [-0.39, 0.29) is 16.8 Å². The summed E-state index contributed by atoms with van der Waals surface area (Å²) in [6.07, 6.45) is 0.832. The van der Waals surface area contributed by atoms with Crippen LogP contribution in [0.25, 0.3) is 0 Å². The van der Waals surface area contributed by atoms with E-state index >= 15 is 0 Å². The number of sulfonamides is 1. The summed E-state index contributed by atoms with van der Waals surface area (Å²) in [6.45, 7) is 0. The van der Waals surface area contributed by atoms with Crippen LogP contribution in [0.2, 0.25) is 0 Å². The van der Waals surface area contributed by atoms with Crippen molar-refractivity contribution in [1.29, 1.82) is 5.26 Å². The average molecular weight is 317 g/mol. The van der Waals surface area contributed by atoms with Gasteiger partial charge < -0.3 is 0 Å². The topological polar surface area (TPSA) is 78.2 Å². The zero-order valence-electron chi connectivity index (χ0n) is 11.4. The van der Waals surface area contributed by atoms with E-state index in [2.05, 4.69) is 6.07 Å². The summed E-state index contributed by atoms with van der Waals surface area (Å²) in [7, 11) is -4.02. The van der Waals surface area contributed by atoms with Crippen LogP contribution in [0.4, 0.5) is 10.1 Å². The fourth-order valence-corrected chi connectivity index (χ4v) is 2.77. The number of hydrogen-bond acceptors (Lipinski definition) is 4. The molecule has 0 spiro atoms. The van der Waals surface area contributed by atoms with Crippen molar-refractivity contribution < 1.29 is 17.6 Å². The quantitative estimate of drug-likeness (QED) is 0.868. The van der Waals surface area contributed by atoms with Crippen LogP contribution in [0.1, 0.15) is 15.9 Å². The predicted octanol–water partition coefficient (Wildman–Crippen LogP) is 2.10. The lowest BCUT2D eigenvalue weighted by Crippen LogP contribution is -2.36. The highest BCUT2D eigenvalue weighted by Gasteiger charge is 2.28. The van der Waals surface area contributed by atoms with Crippen LogP contribution in [-0.2, 0) is 10.0 Å². The van der Waals surface area contributed by atoms with Gasteiger partial charge in [0.15, 0.2) is 0 Å². The minimum absolute atomic E-state index is 0.126. The molecule has 1 radical (unpaired) electrons. The highest BCUT2D eigenvalue weighted by Crippen LogP contribution is 2.25. The Labute approximate surface area is 127 Å². The van der Waals surface area contributed by atoms with E-state index in [1.54, 1.807) is 24.3 Å². The molecule has 0 aliphatic carbocycles. The van der Waals surface area contributed by atoms with E-state index in [1.165, 1.54) is 12.1 Å². The first-order valence-corrected chi connectivity index (χ1v) is 7.90. The maximum atomic E-state index is 13.2. The molecule has 0 saturated heterocycles. The van der Waals surface area contributed by atoms with Crippen molar-refractivity contribution in [1.82, 2.24) is 0 Å². The first-order valence-electron chi connectivity index (χ1n) is 6.05. The van der Waals surface area contributed by atoms with Gasteiger partial charge in [0.25, 0.3) is 5.91 Å². The third-order valence-electron chi connectivity index (χ3n) is 2.77. The predicted molar refractivity (Wildman–Crippen MR) is 78.0 cm³/mol. The molecule has 1 amide bonds. The van der Waals surface area contributed by atoms with Gasteiger partial charge in [0.2, 0.25) is 10.0 Å². The van der Waals surface area contributed by atoms with Gasteiger partial charge in [-0.15, -0.1) is 0 Å². The zero-order valence-corrected chi connectivity index (χ0v) is 12.3. The highest BCUT2D eigenvalue weighted by molar-refractivity contribution is 7.92. The Morgan fingerprint density at radius 1 is 1.32 bits per heavy atom. The summed E-state index contributed by atoms with van der Waals surface area (Å²) in [5.41, 5.74) is -0.382. The Balaban J connectivity index is 2.64. The van der Waals surface area contributed by atoms with Crippen LogP contribution >= 0.6 is 0 Å². The molecule has 2 rings (SSSR count). The molecule has 0 N–H and O–H groups in total. The lowest BCUT2D eigenvalue weighted by Gasteiger charge is -2.21. The first-order chi connectivity index (χ1) is 10.3. The molecule has 0 aliphatic rings. The molecule has 0 atom stereocenters. The number of hydrogen-bond donors (Lipinski definition) is 0. The summed E-state index contributed by atoms with van der Waals surface area (Å²) in [6, 6.07) is 13.3. The number of benzene rings is 2. The van der Waals surface area contributed by atoms with Crippen molar-refractivity contribution in [2.75, 3.05) is 10.6 Å². The van der Waals surface area contributed by atoms with E-state index in [4.69, 9.17) is 5.26 Å². The maximum absolute atomic E-state index is 13.2. The minimum atomic E-state index is -4.02.